The van der Waals surface area contributed by atoms with E-state index in [9.17, 15) is 9.90 Å². The van der Waals surface area contributed by atoms with E-state index < -0.39 is 5.97 Å². The van der Waals surface area contributed by atoms with Crippen LogP contribution >= 0.6 is 0 Å². The zero-order valence-electron chi connectivity index (χ0n) is 9.25. The lowest BCUT2D eigenvalue weighted by Gasteiger charge is -2.06. The largest absolute Gasteiger partial charge is 0.508 e. The quantitative estimate of drug-likeness (QED) is 0.634. The van der Waals surface area contributed by atoms with Crippen LogP contribution in [0.3, 0.4) is 0 Å². The van der Waals surface area contributed by atoms with Crippen LogP contribution in [0.2, 0.25) is 0 Å². The van der Waals surface area contributed by atoms with Gasteiger partial charge < -0.3 is 9.84 Å². The van der Waals surface area contributed by atoms with Crippen molar-refractivity contribution >= 4 is 5.97 Å². The number of ether oxygens (including phenoxy) is 1. The minimum absolute atomic E-state index is 0.0550. The summed E-state index contributed by atoms with van der Waals surface area (Å²) in [5.41, 5.74) is 1.00. The molecule has 0 atom stereocenters. The van der Waals surface area contributed by atoms with Crippen molar-refractivity contribution in [3.05, 3.63) is 53.9 Å². The van der Waals surface area contributed by atoms with Crippen LogP contribution in [0.25, 0.3) is 0 Å². The van der Waals surface area contributed by atoms with Gasteiger partial charge in [-0.05, 0) is 30.7 Å². The normalized spacial score (nSPS) is 9.94. The maximum atomic E-state index is 11.7. The fourth-order valence-electron chi connectivity index (χ4n) is 1.33. The Labute approximate surface area is 98.5 Å². The Hall–Kier alpha value is -2.36. The van der Waals surface area contributed by atoms with Gasteiger partial charge in [0.15, 0.2) is 0 Å². The molecule has 86 valence electrons. The number of phenols is 1. The number of rotatable bonds is 2. The first kappa shape index (κ1) is 11.1. The summed E-state index contributed by atoms with van der Waals surface area (Å²) in [6.45, 7) is 1.79. The zero-order chi connectivity index (χ0) is 12.3. The first-order chi connectivity index (χ1) is 8.16. The predicted molar refractivity (Wildman–Crippen MR) is 62.0 cm³/mol. The van der Waals surface area contributed by atoms with Gasteiger partial charge in [0.1, 0.15) is 17.2 Å². The number of aromatic hydroxyl groups is 1. The van der Waals surface area contributed by atoms with Crippen LogP contribution in [0.1, 0.15) is 16.1 Å². The number of aryl methyl sites for hydroxylation is 1. The third-order valence-corrected chi connectivity index (χ3v) is 2.25. The number of carbonyl (C=O) groups excluding carboxylic acids is 1. The lowest BCUT2D eigenvalue weighted by atomic mass is 10.2. The van der Waals surface area contributed by atoms with Crippen molar-refractivity contribution in [3.8, 4) is 11.5 Å². The average molecular weight is 229 g/mol. The van der Waals surface area contributed by atoms with Crippen molar-refractivity contribution in [1.82, 2.24) is 4.98 Å². The lowest BCUT2D eigenvalue weighted by molar-refractivity contribution is 0.0727. The van der Waals surface area contributed by atoms with E-state index in [0.29, 0.717) is 5.75 Å². The summed E-state index contributed by atoms with van der Waals surface area (Å²) < 4.78 is 5.15. The molecule has 0 saturated heterocycles. The number of carbonyl (C=O) groups is 1. The third-order valence-electron chi connectivity index (χ3n) is 2.25. The molecule has 0 fully saturated rings. The second-order valence-electron chi connectivity index (χ2n) is 3.55. The molecular formula is C13H11NO3. The average Bonchev–Trinajstić information content (AvgIpc) is 2.35. The van der Waals surface area contributed by atoms with Gasteiger partial charge in [-0.15, -0.1) is 0 Å². The molecule has 2 aromatic rings. The van der Waals surface area contributed by atoms with Crippen molar-refractivity contribution in [1.29, 1.82) is 0 Å². The van der Waals surface area contributed by atoms with Gasteiger partial charge in [-0.3, -0.25) is 0 Å². The van der Waals surface area contributed by atoms with Crippen molar-refractivity contribution in [2.75, 3.05) is 0 Å². The van der Waals surface area contributed by atoms with E-state index in [1.54, 1.807) is 31.2 Å². The molecule has 0 amide bonds. The SMILES string of the molecule is Cc1ccc(O)cc1OC(=O)c1ccccn1. The molecule has 0 saturated carbocycles. The molecule has 0 unspecified atom stereocenters. The molecule has 0 aliphatic rings. The number of nitrogens with zero attached hydrogens (tertiary/aromatic N) is 1. The van der Waals surface area contributed by atoms with Crippen LogP contribution in [0.4, 0.5) is 0 Å². The smallest absolute Gasteiger partial charge is 0.362 e. The number of pyridine rings is 1. The molecule has 4 nitrogen and oxygen atoms in total. The maximum Gasteiger partial charge on any atom is 0.362 e. The molecule has 17 heavy (non-hydrogen) atoms. The highest BCUT2D eigenvalue weighted by atomic mass is 16.5. The van der Waals surface area contributed by atoms with E-state index in [2.05, 4.69) is 4.98 Å². The van der Waals surface area contributed by atoms with Crippen molar-refractivity contribution < 1.29 is 14.6 Å². The predicted octanol–water partition coefficient (Wildman–Crippen LogP) is 2.31. The van der Waals surface area contributed by atoms with E-state index in [-0.39, 0.29) is 11.4 Å². The van der Waals surface area contributed by atoms with Gasteiger partial charge in [0.05, 0.1) is 0 Å². The Morgan fingerprint density at radius 2 is 2.12 bits per heavy atom. The highest BCUT2D eigenvalue weighted by molar-refractivity contribution is 5.89. The number of phenolic OH excluding ortho intramolecular Hbond substituents is 1. The Bertz CT molecular complexity index is 538. The summed E-state index contributed by atoms with van der Waals surface area (Å²) in [4.78, 5) is 15.6. The van der Waals surface area contributed by atoms with Crippen LogP contribution in [-0.2, 0) is 0 Å². The van der Waals surface area contributed by atoms with Gasteiger partial charge >= 0.3 is 5.97 Å². The molecular weight excluding hydrogens is 218 g/mol. The summed E-state index contributed by atoms with van der Waals surface area (Å²) in [6.07, 6.45) is 1.52. The molecule has 4 heteroatoms. The molecule has 0 spiro atoms. The fraction of sp³-hybridized carbons (Fsp3) is 0.0769. The maximum absolute atomic E-state index is 11.7. The lowest BCUT2D eigenvalue weighted by Crippen LogP contribution is -2.10. The van der Waals surface area contributed by atoms with Gasteiger partial charge in [0.2, 0.25) is 0 Å². The van der Waals surface area contributed by atoms with Gasteiger partial charge in [-0.25, -0.2) is 9.78 Å². The number of aromatic nitrogens is 1. The number of benzene rings is 1. The Morgan fingerprint density at radius 3 is 2.82 bits per heavy atom. The van der Waals surface area contributed by atoms with E-state index in [4.69, 9.17) is 4.74 Å². The Kier molecular flexibility index (Phi) is 3.05. The van der Waals surface area contributed by atoms with Crippen LogP contribution in [-0.4, -0.2) is 16.1 Å². The standard InChI is InChI=1S/C13H11NO3/c1-9-5-6-10(15)8-12(9)17-13(16)11-4-2-3-7-14-11/h2-8,15H,1H3. The third kappa shape index (κ3) is 2.60. The molecule has 1 aromatic heterocycles. The first-order valence-electron chi connectivity index (χ1n) is 5.09. The summed E-state index contributed by atoms with van der Waals surface area (Å²) in [6, 6.07) is 9.61. The van der Waals surface area contributed by atoms with Gasteiger partial charge in [0, 0.05) is 12.3 Å². The minimum atomic E-state index is -0.542. The summed E-state index contributed by atoms with van der Waals surface area (Å²) >= 11 is 0. The van der Waals surface area contributed by atoms with E-state index >= 15 is 0 Å². The fourth-order valence-corrected chi connectivity index (χ4v) is 1.33. The van der Waals surface area contributed by atoms with Crippen LogP contribution in [0.15, 0.2) is 42.6 Å². The van der Waals surface area contributed by atoms with Crippen LogP contribution < -0.4 is 4.74 Å². The van der Waals surface area contributed by atoms with Crippen molar-refractivity contribution in [2.45, 2.75) is 6.92 Å². The number of esters is 1. The second kappa shape index (κ2) is 4.65. The summed E-state index contributed by atoms with van der Waals surface area (Å²) in [7, 11) is 0. The molecule has 0 bridgehead atoms. The first-order valence-corrected chi connectivity index (χ1v) is 5.09. The summed E-state index contributed by atoms with van der Waals surface area (Å²) in [5.74, 6) is -0.153. The van der Waals surface area contributed by atoms with Crippen LogP contribution in [0.5, 0.6) is 11.5 Å². The highest BCUT2D eigenvalue weighted by Gasteiger charge is 2.11. The summed E-state index contributed by atoms with van der Waals surface area (Å²) in [5, 5.41) is 9.31. The highest BCUT2D eigenvalue weighted by Crippen LogP contribution is 2.23. The number of hydrogen-bond donors (Lipinski definition) is 1. The Balaban J connectivity index is 2.22. The van der Waals surface area contributed by atoms with Gasteiger partial charge in [-0.2, -0.15) is 0 Å². The zero-order valence-corrected chi connectivity index (χ0v) is 9.25. The van der Waals surface area contributed by atoms with E-state index in [1.165, 1.54) is 18.3 Å². The van der Waals surface area contributed by atoms with Crippen LogP contribution in [0, 0.1) is 6.92 Å². The molecule has 0 aliphatic carbocycles. The van der Waals surface area contributed by atoms with Crippen molar-refractivity contribution in [3.63, 3.8) is 0 Å². The van der Waals surface area contributed by atoms with Gasteiger partial charge in [0.25, 0.3) is 0 Å². The molecule has 2 rings (SSSR count). The minimum Gasteiger partial charge on any atom is -0.508 e. The molecule has 1 aromatic carbocycles. The van der Waals surface area contributed by atoms with Crippen molar-refractivity contribution in [2.24, 2.45) is 0 Å². The Morgan fingerprint density at radius 1 is 1.29 bits per heavy atom. The van der Waals surface area contributed by atoms with E-state index in [0.717, 1.165) is 5.56 Å². The molecule has 1 heterocycles. The molecule has 1 N–H and O–H groups in total. The monoisotopic (exact) mass is 229 g/mol. The number of hydrogen-bond acceptors (Lipinski definition) is 4. The molecule has 0 radical (unpaired) electrons. The second-order valence-corrected chi connectivity index (χ2v) is 3.55. The molecule has 0 aliphatic heterocycles. The van der Waals surface area contributed by atoms with E-state index in [1.807, 2.05) is 0 Å². The topological polar surface area (TPSA) is 59.4 Å². The van der Waals surface area contributed by atoms with Gasteiger partial charge in [-0.1, -0.05) is 12.1 Å².